The van der Waals surface area contributed by atoms with Crippen molar-refractivity contribution in [1.29, 1.82) is 0 Å². The van der Waals surface area contributed by atoms with Crippen molar-refractivity contribution in [3.63, 3.8) is 0 Å². The molecule has 9 heteroatoms. The standard InChI is InChI=1S/C15H10O7.C15H10O2/c16-6-1-2-8(9(18)3-6)15-14(21)13(20)12-10(19)4-7(17)5-11(12)22-15;16-13-10-15(11-6-2-1-3-7-11)17-14-9-5-4-8-12(13)14/h1-5,16-19,21H;1-10H. The Morgan fingerprint density at radius 2 is 1.28 bits per heavy atom. The molecule has 0 aliphatic carbocycles. The third kappa shape index (κ3) is 4.84. The first kappa shape index (κ1) is 25.0. The summed E-state index contributed by atoms with van der Waals surface area (Å²) in [7, 11) is 0. The Hall–Kier alpha value is -5.70. The van der Waals surface area contributed by atoms with E-state index < -0.39 is 22.7 Å². The minimum Gasteiger partial charge on any atom is -0.508 e. The number of phenols is 4. The van der Waals surface area contributed by atoms with Crippen molar-refractivity contribution in [2.24, 2.45) is 0 Å². The molecule has 5 N–H and O–H groups in total. The summed E-state index contributed by atoms with van der Waals surface area (Å²) in [5.74, 6) is -2.05. The molecular weight excluding hydrogens is 504 g/mol. The molecular formula is C30H20O9. The molecule has 0 aliphatic rings. The second-order valence-electron chi connectivity index (χ2n) is 8.49. The van der Waals surface area contributed by atoms with Gasteiger partial charge in [-0.1, -0.05) is 42.5 Å². The van der Waals surface area contributed by atoms with Gasteiger partial charge in [-0.3, -0.25) is 9.59 Å². The summed E-state index contributed by atoms with van der Waals surface area (Å²) in [6, 6.07) is 24.0. The predicted molar refractivity (Wildman–Crippen MR) is 144 cm³/mol. The zero-order valence-corrected chi connectivity index (χ0v) is 20.0. The number of hydrogen-bond donors (Lipinski definition) is 5. The van der Waals surface area contributed by atoms with Gasteiger partial charge in [0, 0.05) is 29.8 Å². The number of phenolic OH excluding ortho intramolecular Hbond substituents is 4. The van der Waals surface area contributed by atoms with Gasteiger partial charge in [0.05, 0.1) is 10.9 Å². The zero-order chi connectivity index (χ0) is 27.7. The second kappa shape index (κ2) is 9.98. The van der Waals surface area contributed by atoms with E-state index >= 15 is 0 Å². The van der Waals surface area contributed by atoms with Gasteiger partial charge in [-0.25, -0.2) is 0 Å². The molecule has 39 heavy (non-hydrogen) atoms. The number of aromatic hydroxyl groups is 5. The largest absolute Gasteiger partial charge is 0.508 e. The average Bonchev–Trinajstić information content (AvgIpc) is 2.91. The Morgan fingerprint density at radius 1 is 0.590 bits per heavy atom. The van der Waals surface area contributed by atoms with Gasteiger partial charge in [0.15, 0.2) is 11.2 Å². The molecule has 4 aromatic carbocycles. The van der Waals surface area contributed by atoms with E-state index in [9.17, 15) is 35.1 Å². The van der Waals surface area contributed by atoms with Crippen LogP contribution in [0.1, 0.15) is 0 Å². The first-order valence-electron chi connectivity index (χ1n) is 11.6. The monoisotopic (exact) mass is 524 g/mol. The molecule has 0 spiro atoms. The second-order valence-corrected chi connectivity index (χ2v) is 8.49. The molecule has 0 fully saturated rings. The molecule has 0 atom stereocenters. The molecule has 0 saturated heterocycles. The molecule has 0 unspecified atom stereocenters. The third-order valence-electron chi connectivity index (χ3n) is 5.85. The molecule has 0 radical (unpaired) electrons. The lowest BCUT2D eigenvalue weighted by Crippen LogP contribution is -2.03. The minimum absolute atomic E-state index is 0.00861. The Bertz CT molecular complexity index is 1950. The van der Waals surface area contributed by atoms with Gasteiger partial charge in [-0.05, 0) is 24.3 Å². The fourth-order valence-corrected chi connectivity index (χ4v) is 4.02. The molecule has 6 aromatic rings. The molecule has 2 aromatic heterocycles. The van der Waals surface area contributed by atoms with Gasteiger partial charge in [0.1, 0.15) is 45.3 Å². The molecule has 6 rings (SSSR count). The van der Waals surface area contributed by atoms with Crippen LogP contribution in [0.2, 0.25) is 0 Å². The summed E-state index contributed by atoms with van der Waals surface area (Å²) in [6.45, 7) is 0. The van der Waals surface area contributed by atoms with Gasteiger partial charge in [0.25, 0.3) is 0 Å². The van der Waals surface area contributed by atoms with E-state index in [2.05, 4.69) is 0 Å². The first-order valence-corrected chi connectivity index (χ1v) is 11.6. The summed E-state index contributed by atoms with van der Waals surface area (Å²) in [4.78, 5) is 24.1. The van der Waals surface area contributed by atoms with Crippen molar-refractivity contribution >= 4 is 21.9 Å². The molecule has 0 aliphatic heterocycles. The summed E-state index contributed by atoms with van der Waals surface area (Å²) >= 11 is 0. The van der Waals surface area contributed by atoms with Crippen molar-refractivity contribution in [2.45, 2.75) is 0 Å². The molecule has 2 heterocycles. The van der Waals surface area contributed by atoms with E-state index in [1.165, 1.54) is 18.2 Å². The van der Waals surface area contributed by atoms with Crippen molar-refractivity contribution < 1.29 is 34.4 Å². The normalized spacial score (nSPS) is 10.8. The maximum absolute atomic E-state index is 12.2. The van der Waals surface area contributed by atoms with Gasteiger partial charge in [-0.2, -0.15) is 0 Å². The number of para-hydroxylation sites is 1. The zero-order valence-electron chi connectivity index (χ0n) is 20.0. The lowest BCUT2D eigenvalue weighted by molar-refractivity contribution is 0.433. The minimum atomic E-state index is -0.916. The molecule has 0 saturated carbocycles. The summed E-state index contributed by atoms with van der Waals surface area (Å²) in [5, 5.41) is 48.5. The highest BCUT2D eigenvalue weighted by Gasteiger charge is 2.20. The van der Waals surface area contributed by atoms with Crippen molar-refractivity contribution in [3.8, 4) is 51.4 Å². The highest BCUT2D eigenvalue weighted by atomic mass is 16.4. The predicted octanol–water partition coefficient (Wildman–Crippen LogP) is 5.45. The van der Waals surface area contributed by atoms with Crippen LogP contribution in [0.25, 0.3) is 44.6 Å². The highest BCUT2D eigenvalue weighted by Crippen LogP contribution is 2.39. The number of rotatable bonds is 2. The van der Waals surface area contributed by atoms with E-state index in [4.69, 9.17) is 8.83 Å². The van der Waals surface area contributed by atoms with Gasteiger partial charge in [-0.15, -0.1) is 0 Å². The van der Waals surface area contributed by atoms with E-state index in [0.717, 1.165) is 23.8 Å². The van der Waals surface area contributed by atoms with Crippen LogP contribution in [0.4, 0.5) is 0 Å². The van der Waals surface area contributed by atoms with Gasteiger partial charge < -0.3 is 34.4 Å². The van der Waals surface area contributed by atoms with Crippen LogP contribution in [0.15, 0.2) is 109 Å². The van der Waals surface area contributed by atoms with E-state index in [1.807, 2.05) is 48.5 Å². The van der Waals surface area contributed by atoms with Crippen LogP contribution in [0, 0.1) is 0 Å². The smallest absolute Gasteiger partial charge is 0.238 e. The Balaban J connectivity index is 0.000000163. The molecule has 0 amide bonds. The number of fused-ring (bicyclic) bond motifs is 2. The fourth-order valence-electron chi connectivity index (χ4n) is 4.02. The van der Waals surface area contributed by atoms with Crippen LogP contribution in [0.5, 0.6) is 28.7 Å². The Morgan fingerprint density at radius 3 is 2.03 bits per heavy atom. The van der Waals surface area contributed by atoms with Crippen molar-refractivity contribution in [2.75, 3.05) is 0 Å². The third-order valence-corrected chi connectivity index (χ3v) is 5.85. The summed E-state index contributed by atoms with van der Waals surface area (Å²) in [5.41, 5.74) is 0.418. The van der Waals surface area contributed by atoms with E-state index in [-0.39, 0.29) is 39.2 Å². The SMILES string of the molecule is O=c1c(O)c(-c2ccc(O)cc2O)oc2cc(O)cc(O)c12.O=c1cc(-c2ccccc2)oc2ccccc12. The summed E-state index contributed by atoms with van der Waals surface area (Å²) in [6.07, 6.45) is 0. The summed E-state index contributed by atoms with van der Waals surface area (Å²) < 4.78 is 11.1. The topological polar surface area (TPSA) is 162 Å². The number of benzene rings is 4. The molecule has 194 valence electrons. The van der Waals surface area contributed by atoms with E-state index in [1.54, 1.807) is 6.07 Å². The number of hydrogen-bond acceptors (Lipinski definition) is 9. The lowest BCUT2D eigenvalue weighted by atomic mass is 10.1. The van der Waals surface area contributed by atoms with Crippen molar-refractivity contribution in [1.82, 2.24) is 0 Å². The van der Waals surface area contributed by atoms with Crippen LogP contribution < -0.4 is 10.9 Å². The quantitative estimate of drug-likeness (QED) is 0.198. The highest BCUT2D eigenvalue weighted by molar-refractivity contribution is 5.88. The van der Waals surface area contributed by atoms with Crippen LogP contribution in [-0.4, -0.2) is 25.5 Å². The Kier molecular flexibility index (Phi) is 6.39. The molecule has 9 nitrogen and oxygen atoms in total. The molecule has 0 bridgehead atoms. The lowest BCUT2D eigenvalue weighted by Gasteiger charge is -2.09. The van der Waals surface area contributed by atoms with Crippen LogP contribution in [0.3, 0.4) is 0 Å². The maximum Gasteiger partial charge on any atom is 0.238 e. The van der Waals surface area contributed by atoms with Gasteiger partial charge in [0.2, 0.25) is 11.2 Å². The van der Waals surface area contributed by atoms with Crippen LogP contribution in [-0.2, 0) is 0 Å². The van der Waals surface area contributed by atoms with Crippen molar-refractivity contribution in [3.05, 3.63) is 111 Å². The fraction of sp³-hybridized carbons (Fsp3) is 0. The average molecular weight is 524 g/mol. The van der Waals surface area contributed by atoms with Crippen LogP contribution >= 0.6 is 0 Å². The first-order chi connectivity index (χ1) is 18.7. The Labute approximate surface area is 219 Å². The van der Waals surface area contributed by atoms with E-state index in [0.29, 0.717) is 16.7 Å². The maximum atomic E-state index is 12.2. The van der Waals surface area contributed by atoms with Gasteiger partial charge >= 0.3 is 0 Å².